The van der Waals surface area contributed by atoms with E-state index >= 15 is 0 Å². The number of halogens is 2. The van der Waals surface area contributed by atoms with Gasteiger partial charge in [-0.2, -0.15) is 0 Å². The van der Waals surface area contributed by atoms with Crippen molar-refractivity contribution in [3.8, 4) is 11.5 Å². The molecule has 1 N–H and O–H groups in total. The first-order valence-electron chi connectivity index (χ1n) is 6.01. The zero-order valence-corrected chi connectivity index (χ0v) is 10.4. The van der Waals surface area contributed by atoms with Gasteiger partial charge in [0, 0.05) is 6.07 Å². The summed E-state index contributed by atoms with van der Waals surface area (Å²) in [6.45, 7) is 1.88. The lowest BCUT2D eigenvalue weighted by Crippen LogP contribution is -1.95. The van der Waals surface area contributed by atoms with Gasteiger partial charge in [0.1, 0.15) is 11.6 Å². The highest BCUT2D eigenvalue weighted by Gasteiger charge is 2.08. The van der Waals surface area contributed by atoms with Crippen LogP contribution in [0, 0.1) is 11.6 Å². The molecule has 0 aliphatic heterocycles. The molecule has 100 valence electrons. The van der Waals surface area contributed by atoms with Crippen LogP contribution in [0.25, 0.3) is 0 Å². The van der Waals surface area contributed by atoms with Crippen molar-refractivity contribution >= 4 is 0 Å². The minimum absolute atomic E-state index is 0.0369. The lowest BCUT2D eigenvalue weighted by Gasteiger charge is -2.10. The minimum Gasteiger partial charge on any atom is -0.454 e. The van der Waals surface area contributed by atoms with Crippen molar-refractivity contribution in [1.82, 2.24) is 0 Å². The predicted molar refractivity (Wildman–Crippen MR) is 68.1 cm³/mol. The van der Waals surface area contributed by atoms with Crippen LogP contribution in [-0.2, 0) is 0 Å². The first kappa shape index (κ1) is 13.5. The van der Waals surface area contributed by atoms with E-state index in [0.717, 1.165) is 17.7 Å². The molecule has 0 amide bonds. The molecule has 0 aliphatic rings. The highest BCUT2D eigenvalue weighted by molar-refractivity contribution is 5.34. The summed E-state index contributed by atoms with van der Waals surface area (Å²) in [7, 11) is 0. The fraction of sp³-hybridized carbons (Fsp3) is 0.200. The van der Waals surface area contributed by atoms with Crippen molar-refractivity contribution in [3.05, 3.63) is 59.7 Å². The summed E-state index contributed by atoms with van der Waals surface area (Å²) in [5.41, 5.74) is 0.773. The van der Waals surface area contributed by atoms with Crippen LogP contribution in [0.15, 0.2) is 42.5 Å². The number of benzene rings is 2. The topological polar surface area (TPSA) is 29.5 Å². The molecule has 1 atom stereocenters. The van der Waals surface area contributed by atoms with E-state index in [4.69, 9.17) is 4.74 Å². The number of hydrogen-bond acceptors (Lipinski definition) is 2. The van der Waals surface area contributed by atoms with Gasteiger partial charge in [0.15, 0.2) is 11.6 Å². The fourth-order valence-corrected chi connectivity index (χ4v) is 1.68. The number of aliphatic hydroxyl groups is 1. The summed E-state index contributed by atoms with van der Waals surface area (Å²) < 4.78 is 31.4. The van der Waals surface area contributed by atoms with Gasteiger partial charge in [0.2, 0.25) is 0 Å². The van der Waals surface area contributed by atoms with Crippen LogP contribution < -0.4 is 4.74 Å². The first-order chi connectivity index (χ1) is 9.10. The molecule has 2 rings (SSSR count). The Morgan fingerprint density at radius 3 is 2.37 bits per heavy atom. The van der Waals surface area contributed by atoms with Gasteiger partial charge in [-0.3, -0.25) is 0 Å². The average molecular weight is 264 g/mol. The van der Waals surface area contributed by atoms with Gasteiger partial charge < -0.3 is 9.84 Å². The van der Waals surface area contributed by atoms with Crippen LogP contribution in [-0.4, -0.2) is 5.11 Å². The second kappa shape index (κ2) is 5.80. The Labute approximate surface area is 110 Å². The molecule has 4 heteroatoms. The lowest BCUT2D eigenvalue weighted by atomic mass is 10.1. The lowest BCUT2D eigenvalue weighted by molar-refractivity contribution is 0.173. The molecule has 1 unspecified atom stereocenters. The fourth-order valence-electron chi connectivity index (χ4n) is 1.68. The third-order valence-corrected chi connectivity index (χ3v) is 2.77. The Balaban J connectivity index is 2.15. The molecule has 0 aliphatic carbocycles. The number of ether oxygens (including phenoxy) is 1. The van der Waals surface area contributed by atoms with Crippen LogP contribution in [0.2, 0.25) is 0 Å². The molecule has 2 nitrogen and oxygen atoms in total. The molecule has 0 spiro atoms. The molecular weight excluding hydrogens is 250 g/mol. The normalized spacial score (nSPS) is 12.2. The van der Waals surface area contributed by atoms with Gasteiger partial charge in [0.05, 0.1) is 6.10 Å². The average Bonchev–Trinajstić information content (AvgIpc) is 2.42. The van der Waals surface area contributed by atoms with Gasteiger partial charge in [0.25, 0.3) is 0 Å². The Kier molecular flexibility index (Phi) is 4.12. The maximum absolute atomic E-state index is 13.4. The van der Waals surface area contributed by atoms with Crippen LogP contribution in [0.3, 0.4) is 0 Å². The van der Waals surface area contributed by atoms with E-state index in [1.54, 1.807) is 24.3 Å². The van der Waals surface area contributed by atoms with E-state index < -0.39 is 17.7 Å². The molecule has 19 heavy (non-hydrogen) atoms. The monoisotopic (exact) mass is 264 g/mol. The Bertz CT molecular complexity index is 553. The molecule has 0 heterocycles. The number of aliphatic hydroxyl groups excluding tert-OH is 1. The highest BCUT2D eigenvalue weighted by Crippen LogP contribution is 2.26. The highest BCUT2D eigenvalue weighted by atomic mass is 19.1. The van der Waals surface area contributed by atoms with E-state index in [1.165, 1.54) is 6.07 Å². The van der Waals surface area contributed by atoms with Crippen molar-refractivity contribution in [2.75, 3.05) is 0 Å². The van der Waals surface area contributed by atoms with Crippen LogP contribution in [0.5, 0.6) is 11.5 Å². The molecule has 0 aromatic heterocycles. The molecular formula is C15H14F2O2. The van der Waals surface area contributed by atoms with E-state index in [2.05, 4.69) is 0 Å². The molecule has 2 aromatic rings. The van der Waals surface area contributed by atoms with Gasteiger partial charge in [-0.25, -0.2) is 8.78 Å². The summed E-state index contributed by atoms with van der Waals surface area (Å²) in [5, 5.41) is 9.64. The Morgan fingerprint density at radius 1 is 1.11 bits per heavy atom. The summed E-state index contributed by atoms with van der Waals surface area (Å²) in [5.74, 6) is -1.01. The van der Waals surface area contributed by atoms with Crippen molar-refractivity contribution in [2.45, 2.75) is 19.4 Å². The zero-order valence-electron chi connectivity index (χ0n) is 10.4. The molecule has 0 saturated heterocycles. The van der Waals surface area contributed by atoms with E-state index in [0.29, 0.717) is 12.2 Å². The van der Waals surface area contributed by atoms with Gasteiger partial charge in [-0.1, -0.05) is 19.1 Å². The molecule has 0 bridgehead atoms. The van der Waals surface area contributed by atoms with Gasteiger partial charge >= 0.3 is 0 Å². The van der Waals surface area contributed by atoms with Crippen molar-refractivity contribution in [2.24, 2.45) is 0 Å². The minimum atomic E-state index is -0.752. The molecule has 0 radical (unpaired) electrons. The summed E-state index contributed by atoms with van der Waals surface area (Å²) >= 11 is 0. The van der Waals surface area contributed by atoms with Crippen LogP contribution in [0.1, 0.15) is 25.0 Å². The standard InChI is InChI=1S/C15H14F2O2/c1-2-14(18)10-3-6-12(7-4-10)19-15-8-5-11(16)9-13(15)17/h3-9,14,18H,2H2,1H3. The molecule has 0 saturated carbocycles. The van der Waals surface area contributed by atoms with Crippen molar-refractivity contribution in [1.29, 1.82) is 0 Å². The summed E-state index contributed by atoms with van der Waals surface area (Å²) in [4.78, 5) is 0. The summed E-state index contributed by atoms with van der Waals surface area (Å²) in [6, 6.07) is 9.83. The maximum atomic E-state index is 13.4. The largest absolute Gasteiger partial charge is 0.454 e. The van der Waals surface area contributed by atoms with Gasteiger partial charge in [-0.05, 0) is 36.2 Å². The Morgan fingerprint density at radius 2 is 1.79 bits per heavy atom. The smallest absolute Gasteiger partial charge is 0.168 e. The number of rotatable bonds is 4. The second-order valence-corrected chi connectivity index (χ2v) is 4.17. The number of hydrogen-bond donors (Lipinski definition) is 1. The SMILES string of the molecule is CCC(O)c1ccc(Oc2ccc(F)cc2F)cc1. The van der Waals surface area contributed by atoms with Crippen LogP contribution in [0.4, 0.5) is 8.78 Å². The Hall–Kier alpha value is -1.94. The summed E-state index contributed by atoms with van der Waals surface area (Å²) in [6.07, 6.45) is 0.101. The van der Waals surface area contributed by atoms with Crippen molar-refractivity contribution in [3.63, 3.8) is 0 Å². The van der Waals surface area contributed by atoms with Crippen molar-refractivity contribution < 1.29 is 18.6 Å². The third kappa shape index (κ3) is 3.29. The molecule has 0 fully saturated rings. The van der Waals surface area contributed by atoms with Gasteiger partial charge in [-0.15, -0.1) is 0 Å². The third-order valence-electron chi connectivity index (χ3n) is 2.77. The quantitative estimate of drug-likeness (QED) is 0.896. The van der Waals surface area contributed by atoms with E-state index in [9.17, 15) is 13.9 Å². The molecule has 2 aromatic carbocycles. The van der Waals surface area contributed by atoms with E-state index in [1.807, 2.05) is 6.92 Å². The zero-order chi connectivity index (χ0) is 13.8. The predicted octanol–water partition coefficient (Wildman–Crippen LogP) is 4.20. The second-order valence-electron chi connectivity index (χ2n) is 4.17. The van der Waals surface area contributed by atoms with E-state index in [-0.39, 0.29) is 5.75 Å². The maximum Gasteiger partial charge on any atom is 0.168 e. The van der Waals surface area contributed by atoms with Crippen LogP contribution >= 0.6 is 0 Å². The first-order valence-corrected chi connectivity index (χ1v) is 6.01.